The summed E-state index contributed by atoms with van der Waals surface area (Å²) in [4.78, 5) is 29.6. The van der Waals surface area contributed by atoms with Crippen LogP contribution in [0.2, 0.25) is 0 Å². The first-order valence-electron chi connectivity index (χ1n) is 12.8. The van der Waals surface area contributed by atoms with Crippen molar-refractivity contribution in [1.82, 2.24) is 9.80 Å². The minimum Gasteiger partial charge on any atom is -0.445 e. The zero-order chi connectivity index (χ0) is 25.6. The average Bonchev–Trinajstić information content (AvgIpc) is 3.49. The first-order chi connectivity index (χ1) is 17.3. The molecule has 2 fully saturated rings. The van der Waals surface area contributed by atoms with Crippen LogP contribution in [0.1, 0.15) is 51.2 Å². The maximum absolute atomic E-state index is 13.3. The van der Waals surface area contributed by atoms with E-state index in [1.54, 1.807) is 4.90 Å². The molecule has 0 N–H and O–H groups in total. The lowest BCUT2D eigenvalue weighted by Gasteiger charge is -2.37. The highest BCUT2D eigenvalue weighted by Gasteiger charge is 2.58. The maximum Gasteiger partial charge on any atom is 0.410 e. The fourth-order valence-corrected chi connectivity index (χ4v) is 4.93. The van der Waals surface area contributed by atoms with Gasteiger partial charge in [-0.25, -0.2) is 9.59 Å². The van der Waals surface area contributed by atoms with Crippen LogP contribution in [0.4, 0.5) is 9.59 Å². The van der Waals surface area contributed by atoms with Gasteiger partial charge in [-0.3, -0.25) is 4.90 Å². The second-order valence-electron chi connectivity index (χ2n) is 10.7. The Morgan fingerprint density at radius 1 is 0.972 bits per heavy atom. The molecule has 1 aliphatic carbocycles. The summed E-state index contributed by atoms with van der Waals surface area (Å²) in [5, 5.41) is 0. The van der Waals surface area contributed by atoms with E-state index in [1.807, 2.05) is 86.3 Å². The summed E-state index contributed by atoms with van der Waals surface area (Å²) in [5.74, 6) is 0.184. The molecule has 2 aromatic carbocycles. The largest absolute Gasteiger partial charge is 0.445 e. The zero-order valence-electron chi connectivity index (χ0n) is 21.7. The van der Waals surface area contributed by atoms with Gasteiger partial charge in [0.25, 0.3) is 0 Å². The fraction of sp³-hybridized carbons (Fsp3) is 0.517. The molecular formula is C29H38N2O5. The molecule has 2 aliphatic rings. The number of benzene rings is 2. The first-order valence-corrected chi connectivity index (χ1v) is 12.8. The fourth-order valence-electron chi connectivity index (χ4n) is 4.93. The van der Waals surface area contributed by atoms with Crippen molar-refractivity contribution < 1.29 is 23.8 Å². The van der Waals surface area contributed by atoms with Crippen LogP contribution in [0.25, 0.3) is 0 Å². The quantitative estimate of drug-likeness (QED) is 0.423. The smallest absolute Gasteiger partial charge is 0.410 e. The summed E-state index contributed by atoms with van der Waals surface area (Å²) in [7, 11) is 0. The van der Waals surface area contributed by atoms with Gasteiger partial charge in [-0.2, -0.15) is 0 Å². The van der Waals surface area contributed by atoms with Gasteiger partial charge < -0.3 is 19.1 Å². The number of ether oxygens (including phenoxy) is 3. The van der Waals surface area contributed by atoms with Crippen molar-refractivity contribution in [2.45, 2.75) is 64.4 Å². The Hall–Kier alpha value is -3.06. The Kier molecular flexibility index (Phi) is 8.19. The predicted molar refractivity (Wildman–Crippen MR) is 137 cm³/mol. The molecule has 0 spiro atoms. The molecule has 4 rings (SSSR count). The van der Waals surface area contributed by atoms with E-state index in [4.69, 9.17) is 14.2 Å². The average molecular weight is 495 g/mol. The molecule has 2 aromatic rings. The second-order valence-corrected chi connectivity index (χ2v) is 10.7. The summed E-state index contributed by atoms with van der Waals surface area (Å²) >= 11 is 0. The Labute approximate surface area is 214 Å². The van der Waals surface area contributed by atoms with Crippen molar-refractivity contribution in [3.8, 4) is 0 Å². The molecule has 0 aromatic heterocycles. The molecule has 7 nitrogen and oxygen atoms in total. The zero-order valence-corrected chi connectivity index (χ0v) is 21.7. The second kappa shape index (κ2) is 11.3. The summed E-state index contributed by atoms with van der Waals surface area (Å²) < 4.78 is 17.3. The SMILES string of the molecule is CC(C)(C)OC(=O)N(CCOCc1ccccc1)C1([C@@H]2CCN(C(=O)OCc3ccccc3)C2)CC1. The highest BCUT2D eigenvalue weighted by Crippen LogP contribution is 2.51. The van der Waals surface area contributed by atoms with Crippen LogP contribution in [-0.4, -0.2) is 59.4 Å². The minimum atomic E-state index is -0.584. The lowest BCUT2D eigenvalue weighted by atomic mass is 9.94. The van der Waals surface area contributed by atoms with Crippen LogP contribution in [0.3, 0.4) is 0 Å². The van der Waals surface area contributed by atoms with Crippen molar-refractivity contribution in [2.24, 2.45) is 5.92 Å². The predicted octanol–water partition coefficient (Wildman–Crippen LogP) is 5.63. The number of likely N-dealkylation sites (tertiary alicyclic amines) is 1. The third-order valence-corrected chi connectivity index (χ3v) is 6.90. The molecule has 1 saturated heterocycles. The van der Waals surface area contributed by atoms with Gasteiger partial charge in [0.05, 0.1) is 18.8 Å². The van der Waals surface area contributed by atoms with Gasteiger partial charge in [-0.1, -0.05) is 60.7 Å². The van der Waals surface area contributed by atoms with E-state index >= 15 is 0 Å². The Morgan fingerprint density at radius 2 is 1.58 bits per heavy atom. The molecule has 2 amide bonds. The molecule has 194 valence electrons. The van der Waals surface area contributed by atoms with Crippen molar-refractivity contribution in [1.29, 1.82) is 0 Å². The molecule has 0 radical (unpaired) electrons. The summed E-state index contributed by atoms with van der Waals surface area (Å²) in [6, 6.07) is 19.7. The lowest BCUT2D eigenvalue weighted by molar-refractivity contribution is -0.00549. The molecule has 1 aliphatic heterocycles. The van der Waals surface area contributed by atoms with E-state index in [-0.39, 0.29) is 30.3 Å². The van der Waals surface area contributed by atoms with E-state index in [0.717, 1.165) is 30.4 Å². The van der Waals surface area contributed by atoms with E-state index in [2.05, 4.69) is 0 Å². The highest BCUT2D eigenvalue weighted by atomic mass is 16.6. The third-order valence-electron chi connectivity index (χ3n) is 6.90. The van der Waals surface area contributed by atoms with Gasteiger partial charge in [-0.05, 0) is 51.2 Å². The van der Waals surface area contributed by atoms with E-state index < -0.39 is 5.60 Å². The van der Waals surface area contributed by atoms with Crippen LogP contribution < -0.4 is 0 Å². The Morgan fingerprint density at radius 3 is 2.17 bits per heavy atom. The summed E-state index contributed by atoms with van der Waals surface area (Å²) in [6.45, 7) is 8.50. The van der Waals surface area contributed by atoms with Gasteiger partial charge in [0.15, 0.2) is 0 Å². The lowest BCUT2D eigenvalue weighted by Crippen LogP contribution is -2.50. The van der Waals surface area contributed by atoms with Crippen LogP contribution in [0, 0.1) is 5.92 Å². The summed E-state index contributed by atoms with van der Waals surface area (Å²) in [5.41, 5.74) is 1.18. The number of rotatable bonds is 9. The standard InChI is InChI=1S/C29H38N2O5/c1-28(2,3)36-27(33)31(18-19-34-21-23-10-6-4-7-11-23)29(15-16-29)25-14-17-30(20-25)26(32)35-22-24-12-8-5-9-13-24/h4-13,25H,14-22H2,1-3H3/t25-/m1/s1. The molecule has 0 unspecified atom stereocenters. The van der Waals surface area contributed by atoms with Gasteiger partial charge in [0.2, 0.25) is 0 Å². The monoisotopic (exact) mass is 494 g/mol. The Balaban J connectivity index is 1.36. The van der Waals surface area contributed by atoms with Crippen molar-refractivity contribution in [3.05, 3.63) is 71.8 Å². The normalized spacial score (nSPS) is 18.5. The van der Waals surface area contributed by atoms with Crippen molar-refractivity contribution in [3.63, 3.8) is 0 Å². The van der Waals surface area contributed by atoms with E-state index in [1.165, 1.54) is 0 Å². The molecule has 0 bridgehead atoms. The van der Waals surface area contributed by atoms with E-state index in [9.17, 15) is 9.59 Å². The topological polar surface area (TPSA) is 68.3 Å². The molecule has 1 atom stereocenters. The van der Waals surface area contributed by atoms with Gasteiger partial charge in [0, 0.05) is 25.6 Å². The van der Waals surface area contributed by atoms with Crippen LogP contribution in [-0.2, 0) is 27.4 Å². The maximum atomic E-state index is 13.3. The highest BCUT2D eigenvalue weighted by molar-refractivity contribution is 5.70. The minimum absolute atomic E-state index is 0.184. The van der Waals surface area contributed by atoms with Crippen molar-refractivity contribution in [2.75, 3.05) is 26.2 Å². The Bertz CT molecular complexity index is 1000. The number of amides is 2. The number of carbonyl (C=O) groups is 2. The number of hydrogen-bond donors (Lipinski definition) is 0. The van der Waals surface area contributed by atoms with Crippen LogP contribution in [0.15, 0.2) is 60.7 Å². The number of carbonyl (C=O) groups excluding carboxylic acids is 2. The third kappa shape index (κ3) is 6.78. The molecular weight excluding hydrogens is 456 g/mol. The first kappa shape index (κ1) is 26.0. The van der Waals surface area contributed by atoms with E-state index in [0.29, 0.717) is 32.8 Å². The number of nitrogens with zero attached hydrogens (tertiary/aromatic N) is 2. The van der Waals surface area contributed by atoms with Crippen LogP contribution in [0.5, 0.6) is 0 Å². The molecule has 1 saturated carbocycles. The van der Waals surface area contributed by atoms with Crippen molar-refractivity contribution >= 4 is 12.2 Å². The number of hydrogen-bond acceptors (Lipinski definition) is 5. The van der Waals surface area contributed by atoms with Gasteiger partial charge in [-0.15, -0.1) is 0 Å². The van der Waals surface area contributed by atoms with Crippen LogP contribution >= 0.6 is 0 Å². The summed E-state index contributed by atoms with van der Waals surface area (Å²) in [6.07, 6.45) is 2.04. The van der Waals surface area contributed by atoms with Gasteiger partial charge >= 0.3 is 12.2 Å². The van der Waals surface area contributed by atoms with Gasteiger partial charge in [0.1, 0.15) is 12.2 Å². The molecule has 1 heterocycles. The molecule has 7 heteroatoms. The molecule has 36 heavy (non-hydrogen) atoms.